The number of allylic oxidation sites excluding steroid dienone is 2. The van der Waals surface area contributed by atoms with Gasteiger partial charge in [0.2, 0.25) is 0 Å². The number of carbonyl (C=O) groups is 1. The van der Waals surface area contributed by atoms with E-state index in [0.717, 1.165) is 67.3 Å². The quantitative estimate of drug-likeness (QED) is 0.463. The second-order valence-corrected chi connectivity index (χ2v) is 11.2. The number of piperazine rings is 1. The number of nitrogens with zero attached hydrogens (tertiary/aromatic N) is 3. The normalized spacial score (nSPS) is 21.6. The number of nitrogens with one attached hydrogen (secondary N) is 3. The molecule has 2 fully saturated rings. The van der Waals surface area contributed by atoms with Crippen LogP contribution in [0, 0.1) is 0 Å². The average molecular weight is 550 g/mol. The van der Waals surface area contributed by atoms with Gasteiger partial charge in [-0.25, -0.2) is 9.78 Å². The molecule has 2 aliphatic heterocycles. The van der Waals surface area contributed by atoms with Crippen molar-refractivity contribution >= 4 is 23.2 Å². The smallest absolute Gasteiger partial charge is 0.317 e. The van der Waals surface area contributed by atoms with Crippen LogP contribution in [0.15, 0.2) is 60.7 Å². The van der Waals surface area contributed by atoms with Gasteiger partial charge in [-0.15, -0.1) is 0 Å². The van der Waals surface area contributed by atoms with Crippen LogP contribution in [-0.2, 0) is 13.5 Å². The van der Waals surface area contributed by atoms with Crippen molar-refractivity contribution in [2.75, 3.05) is 26.2 Å². The van der Waals surface area contributed by atoms with Gasteiger partial charge in [0, 0.05) is 44.3 Å². The van der Waals surface area contributed by atoms with Gasteiger partial charge in [-0.2, -0.15) is 0 Å². The highest BCUT2D eigenvalue weighted by Crippen LogP contribution is 2.37. The third kappa shape index (κ3) is 6.75. The summed E-state index contributed by atoms with van der Waals surface area (Å²) in [5.41, 5.74) is 12.3. The first kappa shape index (κ1) is 27.5. The van der Waals surface area contributed by atoms with Gasteiger partial charge in [0.15, 0.2) is 0 Å². The number of benzene rings is 1. The Kier molecular flexibility index (Phi) is 9.06. The summed E-state index contributed by atoms with van der Waals surface area (Å²) in [7, 11) is 1.96. The molecule has 1 aromatic heterocycles. The number of urea groups is 1. The molecule has 2 atom stereocenters. The van der Waals surface area contributed by atoms with Gasteiger partial charge in [0.05, 0.1) is 30.3 Å². The summed E-state index contributed by atoms with van der Waals surface area (Å²) in [6.45, 7) is 3.55. The van der Waals surface area contributed by atoms with Crippen molar-refractivity contribution in [3.8, 4) is 0 Å². The van der Waals surface area contributed by atoms with E-state index in [9.17, 15) is 4.79 Å². The fraction of sp³-hybridized carbons (Fsp3) is 0.467. The van der Waals surface area contributed by atoms with Crippen molar-refractivity contribution in [3.05, 3.63) is 82.6 Å². The Morgan fingerprint density at radius 3 is 2.74 bits per heavy atom. The molecule has 2 unspecified atom stereocenters. The van der Waals surface area contributed by atoms with Crippen molar-refractivity contribution in [2.24, 2.45) is 12.8 Å². The number of amides is 2. The molecule has 8 nitrogen and oxygen atoms in total. The third-order valence-electron chi connectivity index (χ3n) is 8.06. The van der Waals surface area contributed by atoms with E-state index in [0.29, 0.717) is 6.04 Å². The minimum atomic E-state index is -0.264. The van der Waals surface area contributed by atoms with Gasteiger partial charge < -0.3 is 31.2 Å². The molecule has 2 aliphatic carbocycles. The molecule has 208 valence electrons. The maximum Gasteiger partial charge on any atom is 0.317 e. The summed E-state index contributed by atoms with van der Waals surface area (Å²) in [4.78, 5) is 18.0. The topological polar surface area (TPSA) is 100 Å². The van der Waals surface area contributed by atoms with Gasteiger partial charge >= 0.3 is 6.03 Å². The van der Waals surface area contributed by atoms with Crippen molar-refractivity contribution in [3.63, 3.8) is 0 Å². The Morgan fingerprint density at radius 1 is 1.21 bits per heavy atom. The lowest BCUT2D eigenvalue weighted by Gasteiger charge is -2.31. The first-order chi connectivity index (χ1) is 19.0. The fourth-order valence-electron chi connectivity index (χ4n) is 5.81. The number of aromatic nitrogens is 2. The molecule has 1 saturated carbocycles. The number of rotatable bonds is 3. The number of halogens is 1. The van der Waals surface area contributed by atoms with Gasteiger partial charge in [0.1, 0.15) is 0 Å². The van der Waals surface area contributed by atoms with E-state index in [-0.39, 0.29) is 18.1 Å². The molecular formula is C30H40ClN7O. The molecule has 39 heavy (non-hydrogen) atoms. The molecule has 0 bridgehead atoms. The predicted molar refractivity (Wildman–Crippen MR) is 157 cm³/mol. The Bertz CT molecular complexity index is 1240. The summed E-state index contributed by atoms with van der Waals surface area (Å²) in [5.74, 6) is 0. The third-order valence-corrected chi connectivity index (χ3v) is 8.29. The molecule has 5 N–H and O–H groups in total. The molecule has 1 saturated heterocycles. The first-order valence-corrected chi connectivity index (χ1v) is 14.5. The lowest BCUT2D eigenvalue weighted by atomic mass is 9.93. The minimum absolute atomic E-state index is 0.142. The van der Waals surface area contributed by atoms with E-state index in [1.54, 1.807) is 6.33 Å². The van der Waals surface area contributed by atoms with Crippen LogP contribution in [-0.4, -0.2) is 58.7 Å². The van der Waals surface area contributed by atoms with Crippen LogP contribution >= 0.6 is 11.6 Å². The zero-order valence-electron chi connectivity index (χ0n) is 22.7. The number of aryl methyl sites for hydroxylation is 1. The van der Waals surface area contributed by atoms with Gasteiger partial charge in [0.25, 0.3) is 0 Å². The molecule has 0 radical (unpaired) electrons. The predicted octanol–water partition coefficient (Wildman–Crippen LogP) is 4.06. The summed E-state index contributed by atoms with van der Waals surface area (Å²) >= 11 is 6.28. The Labute approximate surface area is 236 Å². The van der Waals surface area contributed by atoms with Gasteiger partial charge in [-0.1, -0.05) is 49.1 Å². The Hall–Kier alpha value is -3.07. The summed E-state index contributed by atoms with van der Waals surface area (Å²) in [5, 5.41) is 10.6. The van der Waals surface area contributed by atoms with Crippen LogP contribution in [0.2, 0.25) is 5.02 Å². The second kappa shape index (κ2) is 12.9. The van der Waals surface area contributed by atoms with Crippen LogP contribution in [0.1, 0.15) is 55.0 Å². The summed E-state index contributed by atoms with van der Waals surface area (Å²) < 4.78 is 1.96. The number of dihydropyridines is 1. The van der Waals surface area contributed by atoms with E-state index in [4.69, 9.17) is 17.3 Å². The molecule has 1 aromatic carbocycles. The van der Waals surface area contributed by atoms with E-state index >= 15 is 0 Å². The summed E-state index contributed by atoms with van der Waals surface area (Å²) in [6.07, 6.45) is 19.1. The molecule has 2 aromatic rings. The van der Waals surface area contributed by atoms with Gasteiger partial charge in [-0.3, -0.25) is 0 Å². The highest BCUT2D eigenvalue weighted by Gasteiger charge is 2.26. The van der Waals surface area contributed by atoms with Crippen molar-refractivity contribution < 1.29 is 4.79 Å². The number of nitrogens with two attached hydrogens (primary N) is 1. The zero-order valence-corrected chi connectivity index (χ0v) is 23.5. The Balaban J connectivity index is 0.000000177. The summed E-state index contributed by atoms with van der Waals surface area (Å²) in [6, 6.07) is 6.63. The van der Waals surface area contributed by atoms with Gasteiger partial charge in [-0.05, 0) is 65.9 Å². The minimum Gasteiger partial charge on any atom is -0.384 e. The number of carbonyl (C=O) groups excluding carboxylic acids is 1. The zero-order chi connectivity index (χ0) is 27.2. The van der Waals surface area contributed by atoms with Crippen LogP contribution < -0.4 is 21.7 Å². The monoisotopic (exact) mass is 549 g/mol. The van der Waals surface area contributed by atoms with Crippen molar-refractivity contribution in [2.45, 2.75) is 56.7 Å². The average Bonchev–Trinajstić information content (AvgIpc) is 3.32. The molecule has 2 amide bonds. The lowest BCUT2D eigenvalue weighted by Crippen LogP contribution is -2.52. The van der Waals surface area contributed by atoms with Crippen LogP contribution in [0.4, 0.5) is 4.79 Å². The molecule has 0 spiro atoms. The largest absolute Gasteiger partial charge is 0.384 e. The second-order valence-electron chi connectivity index (χ2n) is 10.8. The number of hydrogen-bond acceptors (Lipinski definition) is 5. The Morgan fingerprint density at radius 2 is 2.00 bits per heavy atom. The number of fused-ring (bicyclic) bond motifs is 2. The van der Waals surface area contributed by atoms with Crippen molar-refractivity contribution in [1.82, 2.24) is 30.4 Å². The van der Waals surface area contributed by atoms with E-state index in [2.05, 4.69) is 39.2 Å². The van der Waals surface area contributed by atoms with Crippen LogP contribution in [0.3, 0.4) is 0 Å². The molecular weight excluding hydrogens is 510 g/mol. The first-order valence-electron chi connectivity index (χ1n) is 14.1. The maximum atomic E-state index is 11.9. The van der Waals surface area contributed by atoms with E-state index in [1.807, 2.05) is 47.1 Å². The molecule has 9 heteroatoms. The van der Waals surface area contributed by atoms with E-state index < -0.39 is 0 Å². The highest BCUT2D eigenvalue weighted by molar-refractivity contribution is 6.30. The van der Waals surface area contributed by atoms with E-state index in [1.165, 1.54) is 30.4 Å². The molecule has 6 rings (SSSR count). The number of hydrogen-bond donors (Lipinski definition) is 4. The van der Waals surface area contributed by atoms with Crippen molar-refractivity contribution in [1.29, 1.82) is 0 Å². The lowest BCUT2D eigenvalue weighted by molar-refractivity contribution is 0.183. The van der Waals surface area contributed by atoms with Crippen LogP contribution in [0.5, 0.6) is 0 Å². The standard InChI is InChI=1S/C19H19ClN4.C11H21N3O/c1-24-11-22-10-18(24)19(21)16-7-13-3-2-6-23-17(13)8-12-4-5-14(20)9-15(12)16;15-11(14-8-6-12-7-9-14)13-10-4-2-1-3-5-10/h2-7,9-11,17,19,23H,8,21H2,1H3;10,12H,1-9H2,(H,13,15). The van der Waals surface area contributed by atoms with Crippen LogP contribution in [0.25, 0.3) is 5.57 Å². The fourth-order valence-corrected chi connectivity index (χ4v) is 5.98. The number of imidazole rings is 1. The maximum absolute atomic E-state index is 11.9. The SMILES string of the molecule is Cn1cncc1C(N)C1=CC2=CC=CNC2Cc2ccc(Cl)cc21.O=C(NC1CCCCC1)N1CCNCC1. The molecule has 3 heterocycles. The highest BCUT2D eigenvalue weighted by atomic mass is 35.5. The molecule has 4 aliphatic rings.